The monoisotopic (exact) mass is 254 g/mol. The van der Waals surface area contributed by atoms with Gasteiger partial charge in [-0.1, -0.05) is 11.6 Å². The maximum atomic E-state index is 8.72. The molecule has 0 fully saturated rings. The molecule has 0 amide bonds. The summed E-state index contributed by atoms with van der Waals surface area (Å²) in [5.74, 6) is 1.80. The second kappa shape index (κ2) is 7.82. The van der Waals surface area contributed by atoms with Crippen molar-refractivity contribution in [3.05, 3.63) is 35.9 Å². The van der Waals surface area contributed by atoms with E-state index in [4.69, 9.17) is 5.11 Å². The molecule has 1 nitrogen and oxygen atoms in total. The molecule has 3 heteroatoms. The Morgan fingerprint density at radius 2 is 1.69 bits per heavy atom. The van der Waals surface area contributed by atoms with Gasteiger partial charge in [0.15, 0.2) is 0 Å². The Kier molecular flexibility index (Phi) is 6.69. The fraction of sp³-hybridized carbons (Fsp3) is 0.385. The number of hydrogen-bond acceptors (Lipinski definition) is 3. The lowest BCUT2D eigenvalue weighted by Gasteiger charge is -2.02. The van der Waals surface area contributed by atoms with Crippen LogP contribution in [0, 0.1) is 0 Å². The molecule has 0 aliphatic heterocycles. The third-order valence-electron chi connectivity index (χ3n) is 1.93. The van der Waals surface area contributed by atoms with E-state index < -0.39 is 0 Å². The van der Waals surface area contributed by atoms with Crippen molar-refractivity contribution in [1.29, 1.82) is 0 Å². The molecule has 0 saturated heterocycles. The van der Waals surface area contributed by atoms with E-state index in [0.29, 0.717) is 0 Å². The largest absolute Gasteiger partial charge is 0.396 e. The maximum Gasteiger partial charge on any atom is 0.0525 e. The molecule has 0 atom stereocenters. The lowest BCUT2D eigenvalue weighted by Crippen LogP contribution is -1.85. The number of thioether (sulfide) groups is 2. The average molecular weight is 254 g/mol. The molecule has 0 aliphatic carbocycles. The molecule has 0 saturated carbocycles. The van der Waals surface area contributed by atoms with E-state index in [1.165, 1.54) is 15.4 Å². The first-order valence-electron chi connectivity index (χ1n) is 5.32. The quantitative estimate of drug-likeness (QED) is 0.615. The molecule has 88 valence electrons. The van der Waals surface area contributed by atoms with E-state index in [2.05, 4.69) is 44.2 Å². The van der Waals surface area contributed by atoms with Gasteiger partial charge in [0.25, 0.3) is 0 Å². The lowest BCUT2D eigenvalue weighted by atomic mass is 10.3. The fourth-order valence-corrected chi connectivity index (χ4v) is 2.69. The van der Waals surface area contributed by atoms with E-state index >= 15 is 0 Å². The van der Waals surface area contributed by atoms with E-state index in [1.54, 1.807) is 11.8 Å². The van der Waals surface area contributed by atoms with Crippen molar-refractivity contribution < 1.29 is 5.11 Å². The van der Waals surface area contributed by atoms with Crippen LogP contribution in [0.1, 0.15) is 13.8 Å². The molecule has 0 radical (unpaired) electrons. The Labute approximate surface area is 106 Å². The fourth-order valence-electron chi connectivity index (χ4n) is 1.10. The normalized spacial score (nSPS) is 10.2. The summed E-state index contributed by atoms with van der Waals surface area (Å²) in [5.41, 5.74) is 1.36. The highest BCUT2D eigenvalue weighted by Gasteiger charge is 1.95. The van der Waals surface area contributed by atoms with Gasteiger partial charge in [-0.3, -0.25) is 0 Å². The van der Waals surface area contributed by atoms with Crippen molar-refractivity contribution >= 4 is 23.5 Å². The molecular weight excluding hydrogens is 236 g/mol. The number of rotatable bonds is 6. The minimum atomic E-state index is 0.238. The van der Waals surface area contributed by atoms with Gasteiger partial charge in [-0.2, -0.15) is 0 Å². The first-order valence-corrected chi connectivity index (χ1v) is 7.29. The van der Waals surface area contributed by atoms with Crippen LogP contribution in [0.4, 0.5) is 0 Å². The predicted molar refractivity (Wildman–Crippen MR) is 74.4 cm³/mol. The molecule has 0 unspecified atom stereocenters. The second-order valence-corrected chi connectivity index (χ2v) is 5.90. The van der Waals surface area contributed by atoms with Gasteiger partial charge in [0.05, 0.1) is 6.61 Å². The van der Waals surface area contributed by atoms with Crippen LogP contribution < -0.4 is 0 Å². The molecule has 0 heterocycles. The number of aliphatic hydroxyl groups is 1. The van der Waals surface area contributed by atoms with Crippen LogP contribution >= 0.6 is 23.5 Å². The first-order chi connectivity index (χ1) is 7.72. The molecule has 1 rings (SSSR count). The number of hydrogen-bond donors (Lipinski definition) is 1. The van der Waals surface area contributed by atoms with E-state index in [-0.39, 0.29) is 6.61 Å². The number of aliphatic hydroxyl groups excluding tert-OH is 1. The van der Waals surface area contributed by atoms with Crippen LogP contribution in [0.3, 0.4) is 0 Å². The maximum absolute atomic E-state index is 8.72. The van der Waals surface area contributed by atoms with Crippen LogP contribution in [0.25, 0.3) is 0 Å². The van der Waals surface area contributed by atoms with Gasteiger partial charge in [-0.15, -0.1) is 23.5 Å². The minimum Gasteiger partial charge on any atom is -0.396 e. The van der Waals surface area contributed by atoms with Crippen molar-refractivity contribution in [2.75, 3.05) is 18.1 Å². The summed E-state index contributed by atoms with van der Waals surface area (Å²) in [6.45, 7) is 4.48. The molecule has 0 spiro atoms. The highest BCUT2D eigenvalue weighted by molar-refractivity contribution is 7.99. The third-order valence-corrected chi connectivity index (χ3v) is 3.86. The average Bonchev–Trinajstić information content (AvgIpc) is 2.27. The van der Waals surface area contributed by atoms with Gasteiger partial charge >= 0.3 is 0 Å². The van der Waals surface area contributed by atoms with Crippen LogP contribution in [-0.4, -0.2) is 23.2 Å². The Hall–Kier alpha value is -0.380. The van der Waals surface area contributed by atoms with E-state index in [0.717, 1.165) is 11.5 Å². The molecule has 1 N–H and O–H groups in total. The number of allylic oxidation sites excluding steroid dienone is 1. The van der Waals surface area contributed by atoms with Crippen molar-refractivity contribution in [3.8, 4) is 0 Å². The smallest absolute Gasteiger partial charge is 0.0525 e. The standard InChI is InChI=1S/C13H18OS2/c1-11(2)7-9-15-12-3-5-13(6-4-12)16-10-8-14/h3-7,14H,8-10H2,1-2H3. The summed E-state index contributed by atoms with van der Waals surface area (Å²) in [6.07, 6.45) is 2.24. The highest BCUT2D eigenvalue weighted by Crippen LogP contribution is 2.23. The van der Waals surface area contributed by atoms with Crippen LogP contribution in [0.5, 0.6) is 0 Å². The van der Waals surface area contributed by atoms with Gasteiger partial charge < -0.3 is 5.11 Å². The number of benzene rings is 1. The van der Waals surface area contributed by atoms with Crippen molar-refractivity contribution in [3.63, 3.8) is 0 Å². The molecule has 1 aromatic carbocycles. The van der Waals surface area contributed by atoms with Crippen molar-refractivity contribution in [2.24, 2.45) is 0 Å². The summed E-state index contributed by atoms with van der Waals surface area (Å²) >= 11 is 3.53. The van der Waals surface area contributed by atoms with Gasteiger partial charge in [0.1, 0.15) is 0 Å². The molecule has 1 aromatic rings. The van der Waals surface area contributed by atoms with Gasteiger partial charge in [0, 0.05) is 21.3 Å². The molecule has 0 aliphatic rings. The highest BCUT2D eigenvalue weighted by atomic mass is 32.2. The summed E-state index contributed by atoms with van der Waals surface area (Å²) in [7, 11) is 0. The second-order valence-electron chi connectivity index (χ2n) is 3.64. The molecule has 0 bridgehead atoms. The van der Waals surface area contributed by atoms with Crippen LogP contribution in [0.2, 0.25) is 0 Å². The lowest BCUT2D eigenvalue weighted by molar-refractivity contribution is 0.322. The van der Waals surface area contributed by atoms with Gasteiger partial charge in [-0.25, -0.2) is 0 Å². The summed E-state index contributed by atoms with van der Waals surface area (Å²) in [4.78, 5) is 2.52. The summed E-state index contributed by atoms with van der Waals surface area (Å²) < 4.78 is 0. The topological polar surface area (TPSA) is 20.2 Å². The zero-order valence-corrected chi connectivity index (χ0v) is 11.4. The van der Waals surface area contributed by atoms with Crippen LogP contribution in [0.15, 0.2) is 45.7 Å². The van der Waals surface area contributed by atoms with E-state index in [9.17, 15) is 0 Å². The van der Waals surface area contributed by atoms with E-state index in [1.807, 2.05) is 11.8 Å². The third kappa shape index (κ3) is 5.64. The summed E-state index contributed by atoms with van der Waals surface area (Å²) in [6, 6.07) is 8.52. The zero-order chi connectivity index (χ0) is 11.8. The Morgan fingerprint density at radius 1 is 1.12 bits per heavy atom. The molecule has 0 aromatic heterocycles. The minimum absolute atomic E-state index is 0.238. The van der Waals surface area contributed by atoms with Crippen LogP contribution in [-0.2, 0) is 0 Å². The Bertz CT molecular complexity index is 326. The molecular formula is C13H18OS2. The summed E-state index contributed by atoms with van der Waals surface area (Å²) in [5, 5.41) is 8.72. The van der Waals surface area contributed by atoms with Gasteiger partial charge in [0.2, 0.25) is 0 Å². The van der Waals surface area contributed by atoms with Crippen molar-refractivity contribution in [2.45, 2.75) is 23.6 Å². The predicted octanol–water partition coefficient (Wildman–Crippen LogP) is 3.83. The Morgan fingerprint density at radius 3 is 2.19 bits per heavy atom. The van der Waals surface area contributed by atoms with Crippen molar-refractivity contribution in [1.82, 2.24) is 0 Å². The molecule has 16 heavy (non-hydrogen) atoms. The first kappa shape index (κ1) is 13.7. The SMILES string of the molecule is CC(C)=CCSc1ccc(SCCO)cc1. The zero-order valence-electron chi connectivity index (χ0n) is 9.77. The van der Waals surface area contributed by atoms with Gasteiger partial charge in [-0.05, 0) is 38.1 Å². The Balaban J connectivity index is 2.42.